The third-order valence-corrected chi connectivity index (χ3v) is 4.33. The smallest absolute Gasteiger partial charge is 0.221 e. The van der Waals surface area contributed by atoms with Gasteiger partial charge in [-0.25, -0.2) is 0 Å². The third kappa shape index (κ3) is 2.61. The zero-order valence-electron chi connectivity index (χ0n) is 12.5. The van der Waals surface area contributed by atoms with Gasteiger partial charge in [-0.3, -0.25) is 4.79 Å². The van der Waals surface area contributed by atoms with Crippen molar-refractivity contribution >= 4 is 22.5 Å². The van der Waals surface area contributed by atoms with E-state index in [1.165, 1.54) is 10.9 Å². The largest absolute Gasteiger partial charge is 0.380 e. The number of primary amides is 1. The number of aromatic nitrogens is 1. The average Bonchev–Trinajstić information content (AvgIpc) is 3.02. The Hall–Kier alpha value is -2.01. The van der Waals surface area contributed by atoms with E-state index in [9.17, 15) is 4.79 Å². The molecule has 0 aliphatic carbocycles. The van der Waals surface area contributed by atoms with Crippen molar-refractivity contribution < 1.29 is 4.79 Å². The van der Waals surface area contributed by atoms with Crippen LogP contribution in [-0.2, 0) is 11.2 Å². The topological polar surface area (TPSA) is 82.9 Å². The molecule has 21 heavy (non-hydrogen) atoms. The van der Waals surface area contributed by atoms with Crippen LogP contribution in [0.5, 0.6) is 0 Å². The van der Waals surface area contributed by atoms with Gasteiger partial charge in [0.25, 0.3) is 0 Å². The molecule has 1 aliphatic rings. The summed E-state index contributed by atoms with van der Waals surface area (Å²) >= 11 is 0. The number of benzene rings is 1. The molecular formula is C16H22N4O. The number of hydrogen-bond acceptors (Lipinski definition) is 3. The summed E-state index contributed by atoms with van der Waals surface area (Å²) in [6.45, 7) is 6.23. The first-order chi connectivity index (χ1) is 10.1. The molecule has 0 saturated carbocycles. The second-order valence-corrected chi connectivity index (χ2v) is 5.87. The quantitative estimate of drug-likeness (QED) is 0.689. The maximum absolute atomic E-state index is 11.3. The summed E-state index contributed by atoms with van der Waals surface area (Å²) in [5.74, 6) is -0.304. The van der Waals surface area contributed by atoms with Crippen molar-refractivity contribution in [3.05, 3.63) is 29.0 Å². The zero-order chi connectivity index (χ0) is 15.0. The van der Waals surface area contributed by atoms with Crippen LogP contribution < -0.4 is 16.4 Å². The number of nitrogens with two attached hydrogens (primary N) is 1. The van der Waals surface area contributed by atoms with Crippen LogP contribution in [0.4, 0.5) is 5.69 Å². The van der Waals surface area contributed by atoms with E-state index in [4.69, 9.17) is 5.73 Å². The van der Waals surface area contributed by atoms with Gasteiger partial charge in [-0.05, 0) is 44.0 Å². The Bertz CT molecular complexity index is 683. The molecule has 5 N–H and O–H groups in total. The van der Waals surface area contributed by atoms with Crippen molar-refractivity contribution in [2.45, 2.75) is 32.7 Å². The maximum Gasteiger partial charge on any atom is 0.221 e. The SMILES string of the molecule is Cc1[nH]c2c(CC(N)=O)ccc(N[C@@H]3CCNC3)c2c1C. The molecule has 0 unspecified atom stereocenters. The second-order valence-electron chi connectivity index (χ2n) is 5.87. The van der Waals surface area contributed by atoms with Crippen LogP contribution in [0.3, 0.4) is 0 Å². The number of hydrogen-bond donors (Lipinski definition) is 4. The molecule has 1 fully saturated rings. The Morgan fingerprint density at radius 2 is 2.24 bits per heavy atom. The number of aromatic amines is 1. The van der Waals surface area contributed by atoms with Gasteiger partial charge in [-0.15, -0.1) is 0 Å². The van der Waals surface area contributed by atoms with Gasteiger partial charge in [-0.1, -0.05) is 6.07 Å². The molecule has 1 aromatic heterocycles. The number of H-pyrrole nitrogens is 1. The van der Waals surface area contributed by atoms with E-state index in [1.54, 1.807) is 0 Å². The second kappa shape index (κ2) is 5.41. The standard InChI is InChI=1S/C16H22N4O/c1-9-10(2)19-16-11(7-14(17)21)3-4-13(15(9)16)20-12-5-6-18-8-12/h3-4,12,18-20H,5-8H2,1-2H3,(H2,17,21)/t12-/m1/s1. The van der Waals surface area contributed by atoms with Crippen molar-refractivity contribution in [3.8, 4) is 0 Å². The van der Waals surface area contributed by atoms with E-state index in [-0.39, 0.29) is 12.3 Å². The van der Waals surface area contributed by atoms with Crippen molar-refractivity contribution in [2.24, 2.45) is 5.73 Å². The molecule has 5 heteroatoms. The van der Waals surface area contributed by atoms with Crippen LogP contribution >= 0.6 is 0 Å². The van der Waals surface area contributed by atoms with E-state index in [0.717, 1.165) is 42.0 Å². The molecule has 0 bridgehead atoms. The Balaban J connectivity index is 2.06. The van der Waals surface area contributed by atoms with Crippen molar-refractivity contribution in [2.75, 3.05) is 18.4 Å². The lowest BCUT2D eigenvalue weighted by molar-refractivity contribution is -0.117. The molecule has 1 aliphatic heterocycles. The molecule has 0 spiro atoms. The number of carbonyl (C=O) groups excluding carboxylic acids is 1. The number of rotatable bonds is 4. The Labute approximate surface area is 124 Å². The minimum Gasteiger partial charge on any atom is -0.380 e. The van der Waals surface area contributed by atoms with E-state index in [0.29, 0.717) is 6.04 Å². The first-order valence-electron chi connectivity index (χ1n) is 7.42. The molecule has 112 valence electrons. The predicted octanol–water partition coefficient (Wildman–Crippen LogP) is 1.59. The number of aryl methyl sites for hydroxylation is 2. The molecule has 2 aromatic rings. The number of nitrogens with one attached hydrogen (secondary N) is 3. The number of anilines is 1. The van der Waals surface area contributed by atoms with Crippen molar-refractivity contribution in [1.29, 1.82) is 0 Å². The summed E-state index contributed by atoms with van der Waals surface area (Å²) in [7, 11) is 0. The maximum atomic E-state index is 11.3. The summed E-state index contributed by atoms with van der Waals surface area (Å²) in [6.07, 6.45) is 1.40. The van der Waals surface area contributed by atoms with Crippen LogP contribution in [0.15, 0.2) is 12.1 Å². The van der Waals surface area contributed by atoms with Gasteiger partial charge in [0.15, 0.2) is 0 Å². The molecule has 0 radical (unpaired) electrons. The Morgan fingerprint density at radius 3 is 2.90 bits per heavy atom. The summed E-state index contributed by atoms with van der Waals surface area (Å²) in [5, 5.41) is 8.17. The number of fused-ring (bicyclic) bond motifs is 1. The molecule has 1 atom stereocenters. The lowest BCUT2D eigenvalue weighted by Gasteiger charge is -2.15. The molecule has 1 aromatic carbocycles. The fourth-order valence-corrected chi connectivity index (χ4v) is 3.10. The molecule has 2 heterocycles. The fraction of sp³-hybridized carbons (Fsp3) is 0.438. The van der Waals surface area contributed by atoms with E-state index >= 15 is 0 Å². The lowest BCUT2D eigenvalue weighted by atomic mass is 10.0. The highest BCUT2D eigenvalue weighted by Crippen LogP contribution is 2.32. The first kappa shape index (κ1) is 13.9. The van der Waals surface area contributed by atoms with Crippen molar-refractivity contribution in [1.82, 2.24) is 10.3 Å². The van der Waals surface area contributed by atoms with Gasteiger partial charge in [0, 0.05) is 29.4 Å². The molecule has 1 amide bonds. The van der Waals surface area contributed by atoms with Crippen LogP contribution in [0.25, 0.3) is 10.9 Å². The normalized spacial score (nSPS) is 18.3. The average molecular weight is 286 g/mol. The minimum atomic E-state index is -0.304. The summed E-state index contributed by atoms with van der Waals surface area (Å²) in [6, 6.07) is 4.52. The van der Waals surface area contributed by atoms with Gasteiger partial charge in [-0.2, -0.15) is 0 Å². The lowest BCUT2D eigenvalue weighted by Crippen LogP contribution is -2.22. The van der Waals surface area contributed by atoms with Crippen LogP contribution in [0, 0.1) is 13.8 Å². The van der Waals surface area contributed by atoms with Gasteiger partial charge in [0.1, 0.15) is 0 Å². The zero-order valence-corrected chi connectivity index (χ0v) is 12.5. The van der Waals surface area contributed by atoms with Crippen LogP contribution in [0.1, 0.15) is 23.2 Å². The summed E-state index contributed by atoms with van der Waals surface area (Å²) < 4.78 is 0. The number of amides is 1. The van der Waals surface area contributed by atoms with Crippen LogP contribution in [0.2, 0.25) is 0 Å². The Kier molecular flexibility index (Phi) is 3.59. The highest BCUT2D eigenvalue weighted by atomic mass is 16.1. The summed E-state index contributed by atoms with van der Waals surface area (Å²) in [4.78, 5) is 14.7. The Morgan fingerprint density at radius 1 is 1.43 bits per heavy atom. The summed E-state index contributed by atoms with van der Waals surface area (Å²) in [5.41, 5.74) is 10.8. The van der Waals surface area contributed by atoms with Gasteiger partial charge in [0.2, 0.25) is 5.91 Å². The fourth-order valence-electron chi connectivity index (χ4n) is 3.10. The molecule has 1 saturated heterocycles. The predicted molar refractivity (Wildman–Crippen MR) is 85.6 cm³/mol. The highest BCUT2D eigenvalue weighted by Gasteiger charge is 2.18. The molecule has 3 rings (SSSR count). The van der Waals surface area contributed by atoms with E-state index in [2.05, 4.69) is 35.5 Å². The number of carbonyl (C=O) groups is 1. The third-order valence-electron chi connectivity index (χ3n) is 4.33. The van der Waals surface area contributed by atoms with Gasteiger partial charge >= 0.3 is 0 Å². The van der Waals surface area contributed by atoms with Crippen molar-refractivity contribution in [3.63, 3.8) is 0 Å². The van der Waals surface area contributed by atoms with Gasteiger partial charge < -0.3 is 21.4 Å². The molecular weight excluding hydrogens is 264 g/mol. The van der Waals surface area contributed by atoms with Crippen LogP contribution in [-0.4, -0.2) is 30.0 Å². The molecule has 5 nitrogen and oxygen atoms in total. The minimum absolute atomic E-state index is 0.265. The van der Waals surface area contributed by atoms with Gasteiger partial charge in [0.05, 0.1) is 11.9 Å². The first-order valence-corrected chi connectivity index (χ1v) is 7.42. The van der Waals surface area contributed by atoms with E-state index < -0.39 is 0 Å². The monoisotopic (exact) mass is 286 g/mol. The van der Waals surface area contributed by atoms with E-state index in [1.807, 2.05) is 6.07 Å². The highest BCUT2D eigenvalue weighted by molar-refractivity contribution is 5.99.